The molecule has 0 atom stereocenters. The number of carbonyl (C=O) groups is 2. The number of hydrogen-bond acceptors (Lipinski definition) is 4. The molecule has 2 rings (SSSR count). The molecule has 0 radical (unpaired) electrons. The van der Waals surface area contributed by atoms with Gasteiger partial charge in [0, 0.05) is 44.3 Å². The van der Waals surface area contributed by atoms with Gasteiger partial charge in [-0.3, -0.25) is 4.79 Å². The Morgan fingerprint density at radius 1 is 1.05 bits per heavy atom. The first-order valence-corrected chi connectivity index (χ1v) is 7.90. The summed E-state index contributed by atoms with van der Waals surface area (Å²) in [5, 5.41) is 11.4. The van der Waals surface area contributed by atoms with Crippen LogP contribution in [-0.2, 0) is 9.59 Å². The lowest BCUT2D eigenvalue weighted by molar-refractivity contribution is -0.305. The molecule has 1 heterocycles. The van der Waals surface area contributed by atoms with Crippen molar-refractivity contribution in [2.45, 2.75) is 19.3 Å². The van der Waals surface area contributed by atoms with Crippen molar-refractivity contribution in [3.63, 3.8) is 0 Å². The summed E-state index contributed by atoms with van der Waals surface area (Å²) < 4.78 is 0. The third kappa shape index (κ3) is 4.52. The topological polar surface area (TPSA) is 63.7 Å². The molecule has 0 bridgehead atoms. The molecular weight excluding hydrogens is 327 g/mol. The Hall–Kier alpha value is -1.46. The quantitative estimate of drug-likeness (QED) is 0.813. The van der Waals surface area contributed by atoms with Crippen LogP contribution in [0.2, 0.25) is 10.0 Å². The fraction of sp³-hybridized carbons (Fsp3) is 0.467. The zero-order chi connectivity index (χ0) is 16.1. The van der Waals surface area contributed by atoms with E-state index in [1.807, 2.05) is 12.1 Å². The van der Waals surface area contributed by atoms with E-state index in [-0.39, 0.29) is 18.7 Å². The Balaban J connectivity index is 1.83. The van der Waals surface area contributed by atoms with Crippen LogP contribution in [0.25, 0.3) is 0 Å². The summed E-state index contributed by atoms with van der Waals surface area (Å²) in [5.74, 6) is -1.12. The van der Waals surface area contributed by atoms with Crippen molar-refractivity contribution in [3.8, 4) is 0 Å². The van der Waals surface area contributed by atoms with Crippen molar-refractivity contribution in [1.29, 1.82) is 0 Å². The summed E-state index contributed by atoms with van der Waals surface area (Å²) in [6.45, 7) is 2.66. The number of nitrogens with zero attached hydrogens (tertiary/aromatic N) is 2. The Kier molecular flexibility index (Phi) is 5.91. The van der Waals surface area contributed by atoms with Crippen molar-refractivity contribution in [3.05, 3.63) is 28.2 Å². The number of amides is 1. The van der Waals surface area contributed by atoms with E-state index in [0.29, 0.717) is 42.6 Å². The number of rotatable bonds is 5. The third-order valence-corrected chi connectivity index (χ3v) is 4.41. The number of aliphatic carboxylic acids is 1. The van der Waals surface area contributed by atoms with Gasteiger partial charge >= 0.3 is 0 Å². The van der Waals surface area contributed by atoms with E-state index in [4.69, 9.17) is 23.2 Å². The molecule has 0 N–H and O–H groups in total. The first-order valence-electron chi connectivity index (χ1n) is 7.15. The van der Waals surface area contributed by atoms with Crippen LogP contribution < -0.4 is 10.0 Å². The van der Waals surface area contributed by atoms with Crippen LogP contribution in [0.15, 0.2) is 18.2 Å². The fourth-order valence-corrected chi connectivity index (χ4v) is 2.73. The molecule has 0 saturated carbocycles. The van der Waals surface area contributed by atoms with Gasteiger partial charge in [-0.05, 0) is 31.0 Å². The smallest absolute Gasteiger partial charge is 0.222 e. The summed E-state index contributed by atoms with van der Waals surface area (Å²) in [7, 11) is 0. The minimum absolute atomic E-state index is 0.00459. The molecule has 0 spiro atoms. The molecule has 1 aromatic carbocycles. The molecule has 1 aromatic rings. The summed E-state index contributed by atoms with van der Waals surface area (Å²) >= 11 is 11.9. The Labute approximate surface area is 139 Å². The summed E-state index contributed by atoms with van der Waals surface area (Å²) in [4.78, 5) is 26.2. The molecule has 5 nitrogen and oxygen atoms in total. The highest BCUT2D eigenvalue weighted by Crippen LogP contribution is 2.27. The van der Waals surface area contributed by atoms with Gasteiger partial charge in [-0.15, -0.1) is 0 Å². The average Bonchev–Trinajstić information content (AvgIpc) is 2.50. The zero-order valence-electron chi connectivity index (χ0n) is 12.1. The van der Waals surface area contributed by atoms with Gasteiger partial charge in [-0.1, -0.05) is 23.2 Å². The van der Waals surface area contributed by atoms with Crippen LogP contribution in [0, 0.1) is 0 Å². The summed E-state index contributed by atoms with van der Waals surface area (Å²) in [5.41, 5.74) is 0.985. The van der Waals surface area contributed by atoms with Crippen LogP contribution >= 0.6 is 23.2 Å². The van der Waals surface area contributed by atoms with Gasteiger partial charge in [-0.2, -0.15) is 0 Å². The van der Waals surface area contributed by atoms with E-state index in [1.165, 1.54) is 0 Å². The predicted molar refractivity (Wildman–Crippen MR) is 84.1 cm³/mol. The van der Waals surface area contributed by atoms with Gasteiger partial charge in [0.1, 0.15) is 0 Å². The van der Waals surface area contributed by atoms with Gasteiger partial charge in [0.15, 0.2) is 0 Å². The Bertz CT molecular complexity index is 558. The minimum Gasteiger partial charge on any atom is -0.550 e. The number of carbonyl (C=O) groups excluding carboxylic acids is 2. The van der Waals surface area contributed by atoms with Gasteiger partial charge in [0.05, 0.1) is 10.0 Å². The van der Waals surface area contributed by atoms with Gasteiger partial charge < -0.3 is 19.7 Å². The fourth-order valence-electron chi connectivity index (χ4n) is 2.44. The van der Waals surface area contributed by atoms with Crippen LogP contribution in [0.4, 0.5) is 5.69 Å². The second-order valence-electron chi connectivity index (χ2n) is 5.19. The number of halogens is 2. The van der Waals surface area contributed by atoms with Crippen molar-refractivity contribution in [1.82, 2.24) is 4.90 Å². The van der Waals surface area contributed by atoms with Crippen LogP contribution in [0.1, 0.15) is 19.3 Å². The van der Waals surface area contributed by atoms with E-state index in [2.05, 4.69) is 4.90 Å². The number of carboxylic acids is 1. The van der Waals surface area contributed by atoms with E-state index in [1.54, 1.807) is 11.0 Å². The number of anilines is 1. The van der Waals surface area contributed by atoms with Crippen LogP contribution in [0.3, 0.4) is 0 Å². The van der Waals surface area contributed by atoms with E-state index in [9.17, 15) is 14.7 Å². The first kappa shape index (κ1) is 16.9. The highest BCUT2D eigenvalue weighted by atomic mass is 35.5. The van der Waals surface area contributed by atoms with Crippen LogP contribution in [-0.4, -0.2) is 43.0 Å². The van der Waals surface area contributed by atoms with Crippen molar-refractivity contribution < 1.29 is 14.7 Å². The molecule has 1 aliphatic heterocycles. The lowest BCUT2D eigenvalue weighted by atomic mass is 10.2. The normalized spacial score (nSPS) is 15.0. The largest absolute Gasteiger partial charge is 0.550 e. The molecule has 120 valence electrons. The number of carboxylic acid groups (broad SMARTS) is 1. The SMILES string of the molecule is O=C([O-])CCCC(=O)N1CCN(c2ccc(Cl)c(Cl)c2)CC1. The monoisotopic (exact) mass is 343 g/mol. The van der Waals surface area contributed by atoms with Gasteiger partial charge in [-0.25, -0.2) is 0 Å². The van der Waals surface area contributed by atoms with Crippen molar-refractivity contribution in [2.75, 3.05) is 31.1 Å². The highest BCUT2D eigenvalue weighted by molar-refractivity contribution is 6.42. The Morgan fingerprint density at radius 2 is 1.73 bits per heavy atom. The van der Waals surface area contributed by atoms with Crippen molar-refractivity contribution in [2.24, 2.45) is 0 Å². The molecule has 0 unspecified atom stereocenters. The number of benzene rings is 1. The molecule has 7 heteroatoms. The maximum Gasteiger partial charge on any atom is 0.222 e. The van der Waals surface area contributed by atoms with E-state index < -0.39 is 5.97 Å². The Morgan fingerprint density at radius 3 is 2.32 bits per heavy atom. The predicted octanol–water partition coefficient (Wildman–Crippen LogP) is 1.56. The molecule has 22 heavy (non-hydrogen) atoms. The molecule has 0 aliphatic carbocycles. The third-order valence-electron chi connectivity index (χ3n) is 3.67. The number of piperazine rings is 1. The van der Waals surface area contributed by atoms with Crippen LogP contribution in [0.5, 0.6) is 0 Å². The second kappa shape index (κ2) is 7.70. The van der Waals surface area contributed by atoms with Gasteiger partial charge in [0.2, 0.25) is 5.91 Å². The number of hydrogen-bond donors (Lipinski definition) is 0. The lowest BCUT2D eigenvalue weighted by Gasteiger charge is -2.36. The molecule has 1 fully saturated rings. The molecular formula is C15H17Cl2N2O3-. The highest BCUT2D eigenvalue weighted by Gasteiger charge is 2.21. The summed E-state index contributed by atoms with van der Waals surface area (Å²) in [6.07, 6.45) is 0.504. The molecule has 1 aliphatic rings. The van der Waals surface area contributed by atoms with Crippen molar-refractivity contribution >= 4 is 40.8 Å². The molecule has 1 saturated heterocycles. The van der Waals surface area contributed by atoms with E-state index in [0.717, 1.165) is 5.69 Å². The minimum atomic E-state index is -1.11. The maximum atomic E-state index is 12.0. The van der Waals surface area contributed by atoms with E-state index >= 15 is 0 Å². The maximum absolute atomic E-state index is 12.0. The molecule has 1 amide bonds. The lowest BCUT2D eigenvalue weighted by Crippen LogP contribution is -2.48. The zero-order valence-corrected chi connectivity index (χ0v) is 13.6. The first-order chi connectivity index (χ1) is 10.5. The standard InChI is InChI=1S/C15H18Cl2N2O3/c16-12-5-4-11(10-13(12)17)18-6-8-19(9-7-18)14(20)2-1-3-15(21)22/h4-5,10H,1-3,6-9H2,(H,21,22)/p-1. The molecule has 0 aromatic heterocycles. The second-order valence-corrected chi connectivity index (χ2v) is 6.01. The summed E-state index contributed by atoms with van der Waals surface area (Å²) in [6, 6.07) is 5.49. The average molecular weight is 344 g/mol. The van der Waals surface area contributed by atoms with Gasteiger partial charge in [0.25, 0.3) is 0 Å².